The zero-order valence-corrected chi connectivity index (χ0v) is 13.1. The minimum Gasteiger partial charge on any atom is -0.313 e. The normalized spacial score (nSPS) is 12.7. The van der Waals surface area contributed by atoms with Crippen LogP contribution in [0.15, 0.2) is 23.1 Å². The molecule has 0 fully saturated rings. The van der Waals surface area contributed by atoms with Gasteiger partial charge in [0.05, 0.1) is 10.5 Å². The molecule has 0 saturated heterocycles. The first-order valence-corrected chi connectivity index (χ1v) is 7.95. The maximum absolute atomic E-state index is 11.9. The van der Waals surface area contributed by atoms with E-state index < -0.39 is 14.6 Å². The van der Waals surface area contributed by atoms with Crippen LogP contribution < -0.4 is 5.56 Å². The highest BCUT2D eigenvalue weighted by molar-refractivity contribution is 14.1. The number of aryl methyl sites for hydroxylation is 1. The molecule has 96 valence electrons. The highest BCUT2D eigenvalue weighted by atomic mass is 127. The molecule has 1 aromatic rings. The van der Waals surface area contributed by atoms with Crippen LogP contribution in [0.4, 0.5) is 0 Å². The third kappa shape index (κ3) is 3.80. The van der Waals surface area contributed by atoms with Gasteiger partial charge in [-0.1, -0.05) is 0 Å². The molecule has 4 nitrogen and oxygen atoms in total. The summed E-state index contributed by atoms with van der Waals surface area (Å²) in [5.74, 6) is -0.0174. The Bertz CT molecular complexity index is 555. The monoisotopic (exact) mass is 369 g/mol. The molecular formula is C11H16INO3S. The Morgan fingerprint density at radius 1 is 1.29 bits per heavy atom. The molecule has 1 heterocycles. The van der Waals surface area contributed by atoms with Crippen LogP contribution in [0.1, 0.15) is 20.8 Å². The summed E-state index contributed by atoms with van der Waals surface area (Å²) in [5.41, 5.74) is -0.172. The zero-order chi connectivity index (χ0) is 13.3. The van der Waals surface area contributed by atoms with Gasteiger partial charge in [0, 0.05) is 22.4 Å². The molecule has 0 atom stereocenters. The maximum Gasteiger partial charge on any atom is 0.250 e. The van der Waals surface area contributed by atoms with Crippen molar-refractivity contribution < 1.29 is 8.42 Å². The first kappa shape index (κ1) is 14.7. The molecule has 0 radical (unpaired) electrons. The summed E-state index contributed by atoms with van der Waals surface area (Å²) in [6, 6.07) is 3.16. The lowest BCUT2D eigenvalue weighted by molar-refractivity contribution is 0.552. The predicted octanol–water partition coefficient (Wildman–Crippen LogP) is 1.67. The minimum atomic E-state index is -3.19. The van der Waals surface area contributed by atoms with Crippen molar-refractivity contribution in [1.82, 2.24) is 4.57 Å². The summed E-state index contributed by atoms with van der Waals surface area (Å²) in [6.45, 7) is 5.20. The molecule has 1 rings (SSSR count). The van der Waals surface area contributed by atoms with Crippen LogP contribution in [0.5, 0.6) is 0 Å². The van der Waals surface area contributed by atoms with E-state index in [4.69, 9.17) is 0 Å². The topological polar surface area (TPSA) is 56.1 Å². The fraction of sp³-hybridized carbons (Fsp3) is 0.545. The molecule has 6 heteroatoms. The van der Waals surface area contributed by atoms with Crippen LogP contribution in [0, 0.1) is 3.57 Å². The van der Waals surface area contributed by atoms with Gasteiger partial charge in [-0.25, -0.2) is 8.42 Å². The van der Waals surface area contributed by atoms with E-state index in [0.29, 0.717) is 0 Å². The van der Waals surface area contributed by atoms with Crippen molar-refractivity contribution in [2.75, 3.05) is 5.75 Å². The quantitative estimate of drug-likeness (QED) is 0.762. The molecule has 1 aromatic heterocycles. The standard InChI is InChI=1S/C11H16INO3S/c1-11(2,3)17(15,16)7-6-13-8-9(12)4-5-10(13)14/h4-5,8H,6-7H2,1-3H3. The first-order valence-electron chi connectivity index (χ1n) is 5.22. The highest BCUT2D eigenvalue weighted by Crippen LogP contribution is 2.16. The third-order valence-electron chi connectivity index (χ3n) is 2.48. The summed E-state index contributed by atoms with van der Waals surface area (Å²) >= 11 is 2.09. The lowest BCUT2D eigenvalue weighted by Crippen LogP contribution is -2.33. The second kappa shape index (κ2) is 5.09. The Labute approximate surface area is 115 Å². The van der Waals surface area contributed by atoms with Crippen LogP contribution in [-0.4, -0.2) is 23.5 Å². The van der Waals surface area contributed by atoms with Gasteiger partial charge in [-0.15, -0.1) is 0 Å². The number of nitrogens with zero attached hydrogens (tertiary/aromatic N) is 1. The average molecular weight is 369 g/mol. The van der Waals surface area contributed by atoms with Gasteiger partial charge < -0.3 is 4.57 Å². The fourth-order valence-corrected chi connectivity index (χ4v) is 2.77. The van der Waals surface area contributed by atoms with Gasteiger partial charge in [-0.2, -0.15) is 0 Å². The largest absolute Gasteiger partial charge is 0.313 e. The number of hydrogen-bond acceptors (Lipinski definition) is 3. The molecule has 0 aliphatic carbocycles. The smallest absolute Gasteiger partial charge is 0.250 e. The molecule has 0 aliphatic heterocycles. The van der Waals surface area contributed by atoms with Crippen LogP contribution in [0.25, 0.3) is 0 Å². The molecule has 0 bridgehead atoms. The summed E-state index contributed by atoms with van der Waals surface area (Å²) in [5, 5.41) is 0. The van der Waals surface area contributed by atoms with E-state index in [1.54, 1.807) is 33.0 Å². The van der Waals surface area contributed by atoms with Gasteiger partial charge in [-0.05, 0) is 49.4 Å². The number of rotatable bonds is 3. The van der Waals surface area contributed by atoms with E-state index in [1.165, 1.54) is 10.6 Å². The van der Waals surface area contributed by atoms with E-state index in [1.807, 2.05) is 0 Å². The molecule has 17 heavy (non-hydrogen) atoms. The van der Waals surface area contributed by atoms with Crippen LogP contribution in [0.3, 0.4) is 0 Å². The fourth-order valence-electron chi connectivity index (χ4n) is 1.20. The van der Waals surface area contributed by atoms with Gasteiger partial charge >= 0.3 is 0 Å². The van der Waals surface area contributed by atoms with Crippen molar-refractivity contribution in [2.24, 2.45) is 0 Å². The average Bonchev–Trinajstić information content (AvgIpc) is 2.18. The number of hydrogen-bond donors (Lipinski definition) is 0. The highest BCUT2D eigenvalue weighted by Gasteiger charge is 2.28. The Balaban J connectivity index is 2.89. The molecule has 0 amide bonds. The van der Waals surface area contributed by atoms with Crippen molar-refractivity contribution in [2.45, 2.75) is 32.1 Å². The van der Waals surface area contributed by atoms with E-state index in [-0.39, 0.29) is 17.9 Å². The van der Waals surface area contributed by atoms with Crippen molar-refractivity contribution in [3.63, 3.8) is 0 Å². The lowest BCUT2D eigenvalue weighted by Gasteiger charge is -2.19. The minimum absolute atomic E-state index is 0.0174. The van der Waals surface area contributed by atoms with Crippen molar-refractivity contribution >= 4 is 32.4 Å². The van der Waals surface area contributed by atoms with Crippen LogP contribution >= 0.6 is 22.6 Å². The van der Waals surface area contributed by atoms with E-state index in [0.717, 1.165) is 3.57 Å². The Morgan fingerprint density at radius 3 is 2.41 bits per heavy atom. The van der Waals surface area contributed by atoms with Crippen LogP contribution in [0.2, 0.25) is 0 Å². The molecule has 0 saturated carbocycles. The van der Waals surface area contributed by atoms with E-state index >= 15 is 0 Å². The second-order valence-electron chi connectivity index (χ2n) is 4.81. The Morgan fingerprint density at radius 2 is 1.88 bits per heavy atom. The van der Waals surface area contributed by atoms with Crippen molar-refractivity contribution in [1.29, 1.82) is 0 Å². The molecule has 0 unspecified atom stereocenters. The maximum atomic E-state index is 11.9. The van der Waals surface area contributed by atoms with Gasteiger partial charge in [0.15, 0.2) is 9.84 Å². The Hall–Kier alpha value is -0.370. The second-order valence-corrected chi connectivity index (χ2v) is 8.92. The van der Waals surface area contributed by atoms with Crippen LogP contribution in [-0.2, 0) is 16.4 Å². The number of sulfone groups is 1. The van der Waals surface area contributed by atoms with E-state index in [9.17, 15) is 13.2 Å². The van der Waals surface area contributed by atoms with Crippen molar-refractivity contribution in [3.8, 4) is 0 Å². The molecule has 0 aromatic carbocycles. The van der Waals surface area contributed by atoms with Gasteiger partial charge in [0.1, 0.15) is 0 Å². The molecular weight excluding hydrogens is 353 g/mol. The summed E-state index contributed by atoms with van der Waals surface area (Å²) < 4.78 is 25.4. The number of aromatic nitrogens is 1. The van der Waals surface area contributed by atoms with Gasteiger partial charge in [0.2, 0.25) is 0 Å². The number of halogens is 1. The lowest BCUT2D eigenvalue weighted by atomic mass is 10.3. The SMILES string of the molecule is CC(C)(C)S(=O)(=O)CCn1cc(I)ccc1=O. The third-order valence-corrected chi connectivity index (χ3v) is 5.71. The molecule has 0 aliphatic rings. The summed E-state index contributed by atoms with van der Waals surface area (Å²) in [4.78, 5) is 11.5. The van der Waals surface area contributed by atoms with Crippen molar-refractivity contribution in [3.05, 3.63) is 32.3 Å². The Kier molecular flexibility index (Phi) is 4.40. The first-order chi connectivity index (χ1) is 7.63. The molecule has 0 N–H and O–H groups in total. The summed E-state index contributed by atoms with van der Waals surface area (Å²) in [6.07, 6.45) is 1.67. The summed E-state index contributed by atoms with van der Waals surface area (Å²) in [7, 11) is -3.19. The molecule has 0 spiro atoms. The zero-order valence-electron chi connectivity index (χ0n) is 10.1. The van der Waals surface area contributed by atoms with Gasteiger partial charge in [-0.3, -0.25) is 4.79 Å². The van der Waals surface area contributed by atoms with E-state index in [2.05, 4.69) is 22.6 Å². The van der Waals surface area contributed by atoms with Gasteiger partial charge in [0.25, 0.3) is 5.56 Å². The predicted molar refractivity (Wildman–Crippen MR) is 77.0 cm³/mol. The number of pyridine rings is 1.